The van der Waals surface area contributed by atoms with Crippen LogP contribution in [0.5, 0.6) is 0 Å². The van der Waals surface area contributed by atoms with E-state index in [2.05, 4.69) is 45.1 Å². The van der Waals surface area contributed by atoms with E-state index in [4.69, 9.17) is 0 Å². The fourth-order valence-electron chi connectivity index (χ4n) is 3.30. The van der Waals surface area contributed by atoms with E-state index in [-0.39, 0.29) is 0 Å². The average molecular weight is 280 g/mol. The third kappa shape index (κ3) is 1.93. The molecule has 2 heteroatoms. The maximum atomic E-state index is 3.51. The van der Waals surface area contributed by atoms with E-state index in [1.54, 1.807) is 0 Å². The summed E-state index contributed by atoms with van der Waals surface area (Å²) in [6.45, 7) is 1.31. The lowest BCUT2D eigenvalue weighted by Gasteiger charge is -2.34. The molecule has 1 aromatic carbocycles. The minimum atomic E-state index is 0.693. The summed E-state index contributed by atoms with van der Waals surface area (Å²) in [5, 5.41) is 0. The summed E-state index contributed by atoms with van der Waals surface area (Å²) in [5.41, 5.74) is 1.51. The zero-order chi connectivity index (χ0) is 11.0. The smallest absolute Gasteiger partial charge is 0.0351 e. The Morgan fingerprint density at radius 1 is 1.00 bits per heavy atom. The molecule has 3 rings (SSSR count). The topological polar surface area (TPSA) is 3.24 Å². The number of benzene rings is 1. The van der Waals surface area contributed by atoms with Gasteiger partial charge in [-0.05, 0) is 49.9 Å². The highest BCUT2D eigenvalue weighted by Gasteiger charge is 2.35. The minimum absolute atomic E-state index is 0.693. The lowest BCUT2D eigenvalue weighted by atomic mass is 10.0. The zero-order valence-electron chi connectivity index (χ0n) is 9.53. The molecule has 0 spiro atoms. The molecule has 16 heavy (non-hydrogen) atoms. The quantitative estimate of drug-likeness (QED) is 0.747. The SMILES string of the molecule is Brc1ccc([C@H]2CC[C@H]3CCCCN32)cc1. The van der Waals surface area contributed by atoms with E-state index in [0.717, 1.165) is 6.04 Å². The number of piperidine rings is 1. The van der Waals surface area contributed by atoms with Crippen LogP contribution in [-0.4, -0.2) is 17.5 Å². The van der Waals surface area contributed by atoms with Gasteiger partial charge in [0.1, 0.15) is 0 Å². The fourth-order valence-corrected chi connectivity index (χ4v) is 3.57. The Morgan fingerprint density at radius 3 is 2.62 bits per heavy atom. The summed E-state index contributed by atoms with van der Waals surface area (Å²) in [5.74, 6) is 0. The highest BCUT2D eigenvalue weighted by molar-refractivity contribution is 9.10. The van der Waals surface area contributed by atoms with Gasteiger partial charge in [0.05, 0.1) is 0 Å². The first-order valence-electron chi connectivity index (χ1n) is 6.36. The highest BCUT2D eigenvalue weighted by Crippen LogP contribution is 2.40. The molecule has 2 aliphatic rings. The van der Waals surface area contributed by atoms with Crippen molar-refractivity contribution in [1.82, 2.24) is 4.90 Å². The molecule has 2 heterocycles. The minimum Gasteiger partial charge on any atom is -0.293 e. The fraction of sp³-hybridized carbons (Fsp3) is 0.571. The third-order valence-electron chi connectivity index (χ3n) is 4.10. The number of fused-ring (bicyclic) bond motifs is 1. The van der Waals surface area contributed by atoms with Crippen molar-refractivity contribution < 1.29 is 0 Å². The van der Waals surface area contributed by atoms with Crippen LogP contribution in [0.1, 0.15) is 43.7 Å². The first kappa shape index (κ1) is 10.8. The molecule has 0 amide bonds. The van der Waals surface area contributed by atoms with Crippen LogP contribution in [0.4, 0.5) is 0 Å². The summed E-state index contributed by atoms with van der Waals surface area (Å²) in [4.78, 5) is 2.74. The lowest BCUT2D eigenvalue weighted by Crippen LogP contribution is -2.35. The number of halogens is 1. The molecule has 0 N–H and O–H groups in total. The lowest BCUT2D eigenvalue weighted by molar-refractivity contribution is 0.150. The third-order valence-corrected chi connectivity index (χ3v) is 4.63. The molecule has 2 aliphatic heterocycles. The van der Waals surface area contributed by atoms with Gasteiger partial charge >= 0.3 is 0 Å². The Morgan fingerprint density at radius 2 is 1.81 bits per heavy atom. The zero-order valence-corrected chi connectivity index (χ0v) is 11.1. The van der Waals surface area contributed by atoms with E-state index in [1.807, 2.05) is 0 Å². The molecule has 0 aliphatic carbocycles. The number of hydrogen-bond acceptors (Lipinski definition) is 1. The summed E-state index contributed by atoms with van der Waals surface area (Å²) < 4.78 is 1.18. The predicted octanol–water partition coefficient (Wildman–Crippen LogP) is 4.14. The maximum absolute atomic E-state index is 3.51. The summed E-state index contributed by atoms with van der Waals surface area (Å²) in [6, 6.07) is 10.5. The number of nitrogens with zero attached hydrogens (tertiary/aromatic N) is 1. The Labute approximate surface area is 106 Å². The maximum Gasteiger partial charge on any atom is 0.0351 e. The normalized spacial score (nSPS) is 30.3. The van der Waals surface area contributed by atoms with Crippen LogP contribution in [-0.2, 0) is 0 Å². The molecule has 2 atom stereocenters. The van der Waals surface area contributed by atoms with Crippen molar-refractivity contribution in [2.45, 2.75) is 44.2 Å². The second-order valence-corrected chi connectivity index (χ2v) is 5.95. The standard InChI is InChI=1S/C14H18BrN/c15-12-6-4-11(5-7-12)14-9-8-13-3-1-2-10-16(13)14/h4-7,13-14H,1-3,8-10H2/t13-,14-/m1/s1. The van der Waals surface area contributed by atoms with Gasteiger partial charge in [-0.3, -0.25) is 4.90 Å². The number of hydrogen-bond donors (Lipinski definition) is 0. The van der Waals surface area contributed by atoms with E-state index >= 15 is 0 Å². The van der Waals surface area contributed by atoms with E-state index in [1.165, 1.54) is 48.7 Å². The monoisotopic (exact) mass is 279 g/mol. The van der Waals surface area contributed by atoms with E-state index in [9.17, 15) is 0 Å². The first-order valence-corrected chi connectivity index (χ1v) is 7.15. The van der Waals surface area contributed by atoms with Crippen LogP contribution >= 0.6 is 15.9 Å². The molecule has 2 fully saturated rings. The van der Waals surface area contributed by atoms with Crippen molar-refractivity contribution in [3.05, 3.63) is 34.3 Å². The Bertz CT molecular complexity index is 360. The summed E-state index contributed by atoms with van der Waals surface area (Å²) in [6.07, 6.45) is 7.01. The van der Waals surface area contributed by atoms with Crippen LogP contribution in [0.15, 0.2) is 28.7 Å². The molecule has 0 radical (unpaired) electrons. The second kappa shape index (κ2) is 4.50. The Hall–Kier alpha value is -0.340. The van der Waals surface area contributed by atoms with Crippen LogP contribution < -0.4 is 0 Å². The summed E-state index contributed by atoms with van der Waals surface area (Å²) >= 11 is 3.51. The molecule has 2 saturated heterocycles. The second-order valence-electron chi connectivity index (χ2n) is 5.03. The van der Waals surface area contributed by atoms with Gasteiger partial charge in [0.15, 0.2) is 0 Å². The predicted molar refractivity (Wildman–Crippen MR) is 70.5 cm³/mol. The van der Waals surface area contributed by atoms with Crippen molar-refractivity contribution in [2.24, 2.45) is 0 Å². The van der Waals surface area contributed by atoms with Crippen molar-refractivity contribution in [3.63, 3.8) is 0 Å². The van der Waals surface area contributed by atoms with Gasteiger partial charge in [0, 0.05) is 16.6 Å². The van der Waals surface area contributed by atoms with Gasteiger partial charge in [0.2, 0.25) is 0 Å². The molecule has 0 bridgehead atoms. The molecule has 86 valence electrons. The number of rotatable bonds is 1. The van der Waals surface area contributed by atoms with Gasteiger partial charge in [-0.25, -0.2) is 0 Å². The van der Waals surface area contributed by atoms with Gasteiger partial charge in [0.25, 0.3) is 0 Å². The van der Waals surface area contributed by atoms with Gasteiger partial charge in [-0.2, -0.15) is 0 Å². The molecule has 0 saturated carbocycles. The van der Waals surface area contributed by atoms with Crippen LogP contribution in [0, 0.1) is 0 Å². The van der Waals surface area contributed by atoms with Crippen molar-refractivity contribution in [1.29, 1.82) is 0 Å². The van der Waals surface area contributed by atoms with Crippen molar-refractivity contribution >= 4 is 15.9 Å². The van der Waals surface area contributed by atoms with E-state index < -0.39 is 0 Å². The highest BCUT2D eigenvalue weighted by atomic mass is 79.9. The largest absolute Gasteiger partial charge is 0.293 e. The van der Waals surface area contributed by atoms with Crippen LogP contribution in [0.25, 0.3) is 0 Å². The van der Waals surface area contributed by atoms with Gasteiger partial charge in [-0.1, -0.05) is 34.5 Å². The average Bonchev–Trinajstić information content (AvgIpc) is 2.74. The van der Waals surface area contributed by atoms with Gasteiger partial charge in [-0.15, -0.1) is 0 Å². The van der Waals surface area contributed by atoms with Gasteiger partial charge < -0.3 is 0 Å². The molecule has 1 nitrogen and oxygen atoms in total. The molecular formula is C14H18BrN. The van der Waals surface area contributed by atoms with Crippen molar-refractivity contribution in [3.8, 4) is 0 Å². The Kier molecular flexibility index (Phi) is 3.03. The van der Waals surface area contributed by atoms with Crippen LogP contribution in [0.2, 0.25) is 0 Å². The van der Waals surface area contributed by atoms with Crippen molar-refractivity contribution in [2.75, 3.05) is 6.54 Å². The molecule has 0 unspecified atom stereocenters. The Balaban J connectivity index is 1.82. The first-order chi connectivity index (χ1) is 7.84. The molecule has 0 aromatic heterocycles. The molecular weight excluding hydrogens is 262 g/mol. The van der Waals surface area contributed by atoms with E-state index in [0.29, 0.717) is 6.04 Å². The molecule has 1 aromatic rings. The summed E-state index contributed by atoms with van der Waals surface area (Å²) in [7, 11) is 0. The van der Waals surface area contributed by atoms with Crippen LogP contribution in [0.3, 0.4) is 0 Å².